The number of benzene rings is 3. The Bertz CT molecular complexity index is 1100. The number of hydrogen-bond acceptors (Lipinski definition) is 7. The lowest BCUT2D eigenvalue weighted by atomic mass is 10.0. The van der Waals surface area contributed by atoms with Gasteiger partial charge in [0.05, 0.1) is 7.11 Å². The normalized spacial score (nSPS) is 12.7. The molecule has 0 amide bonds. The predicted octanol–water partition coefficient (Wildman–Crippen LogP) is 3.61. The van der Waals surface area contributed by atoms with E-state index in [1.165, 1.54) is 5.56 Å². The van der Waals surface area contributed by atoms with E-state index in [4.69, 9.17) is 19.9 Å². The van der Waals surface area contributed by atoms with Crippen molar-refractivity contribution in [3.8, 4) is 17.2 Å². The van der Waals surface area contributed by atoms with E-state index in [-0.39, 0.29) is 12.4 Å². The summed E-state index contributed by atoms with van der Waals surface area (Å²) in [6.07, 6.45) is 1.49. The summed E-state index contributed by atoms with van der Waals surface area (Å²) in [5.74, 6) is 1.30. The van der Waals surface area contributed by atoms with Crippen molar-refractivity contribution >= 4 is 5.97 Å². The smallest absolute Gasteiger partial charge is 0.323 e. The van der Waals surface area contributed by atoms with Crippen molar-refractivity contribution in [1.29, 1.82) is 0 Å². The molecule has 0 spiro atoms. The summed E-state index contributed by atoms with van der Waals surface area (Å²) in [5.41, 5.74) is 9.23. The maximum absolute atomic E-state index is 12.7. The van der Waals surface area contributed by atoms with E-state index in [9.17, 15) is 9.90 Å². The fourth-order valence-corrected chi connectivity index (χ4v) is 3.89. The van der Waals surface area contributed by atoms with Gasteiger partial charge in [0.25, 0.3) is 0 Å². The van der Waals surface area contributed by atoms with Gasteiger partial charge >= 0.3 is 5.97 Å². The predicted molar refractivity (Wildman–Crippen MR) is 141 cm³/mol. The first-order valence-corrected chi connectivity index (χ1v) is 12.1. The largest absolute Gasteiger partial charge is 0.508 e. The summed E-state index contributed by atoms with van der Waals surface area (Å²) in [4.78, 5) is 14.7. The fraction of sp³-hybridized carbons (Fsp3) is 0.345. The van der Waals surface area contributed by atoms with Crippen LogP contribution in [0, 0.1) is 0 Å². The first-order valence-electron chi connectivity index (χ1n) is 12.1. The molecule has 0 fully saturated rings. The van der Waals surface area contributed by atoms with Crippen LogP contribution in [0.3, 0.4) is 0 Å². The molecule has 0 aliphatic rings. The van der Waals surface area contributed by atoms with E-state index >= 15 is 0 Å². The highest BCUT2D eigenvalue weighted by Crippen LogP contribution is 2.22. The Morgan fingerprint density at radius 1 is 0.972 bits per heavy atom. The fourth-order valence-electron chi connectivity index (χ4n) is 3.89. The number of aromatic hydroxyl groups is 1. The zero-order valence-electron chi connectivity index (χ0n) is 21.2. The van der Waals surface area contributed by atoms with Gasteiger partial charge in [-0.3, -0.25) is 4.79 Å². The summed E-state index contributed by atoms with van der Waals surface area (Å²) >= 11 is 0. The zero-order chi connectivity index (χ0) is 25.9. The van der Waals surface area contributed by atoms with Crippen molar-refractivity contribution in [2.75, 3.05) is 34.4 Å². The summed E-state index contributed by atoms with van der Waals surface area (Å²) in [6, 6.07) is 21.8. The van der Waals surface area contributed by atoms with E-state index in [1.54, 1.807) is 31.4 Å². The Morgan fingerprint density at radius 2 is 1.72 bits per heavy atom. The molecule has 0 aromatic heterocycles. The maximum atomic E-state index is 12.7. The molecule has 0 heterocycles. The van der Waals surface area contributed by atoms with E-state index < -0.39 is 18.1 Å². The highest BCUT2D eigenvalue weighted by atomic mass is 16.6. The minimum Gasteiger partial charge on any atom is -0.508 e. The van der Waals surface area contributed by atoms with Crippen LogP contribution in [-0.2, 0) is 28.8 Å². The molecule has 0 saturated heterocycles. The first-order chi connectivity index (χ1) is 17.3. The van der Waals surface area contributed by atoms with Gasteiger partial charge in [0, 0.05) is 6.54 Å². The topological polar surface area (TPSA) is 94.2 Å². The van der Waals surface area contributed by atoms with Crippen molar-refractivity contribution in [2.24, 2.45) is 5.73 Å². The van der Waals surface area contributed by atoms with Gasteiger partial charge in [-0.25, -0.2) is 0 Å². The molecule has 3 aromatic carbocycles. The van der Waals surface area contributed by atoms with E-state index in [0.29, 0.717) is 13.0 Å². The quantitative estimate of drug-likeness (QED) is 0.352. The Kier molecular flexibility index (Phi) is 10.2. The van der Waals surface area contributed by atoms with Gasteiger partial charge in [0.15, 0.2) is 0 Å². The molecule has 3 N–H and O–H groups in total. The molecule has 192 valence electrons. The van der Waals surface area contributed by atoms with E-state index in [1.807, 2.05) is 55.4 Å². The average Bonchev–Trinajstić information content (AvgIpc) is 2.87. The molecule has 0 radical (unpaired) electrons. The molecule has 36 heavy (non-hydrogen) atoms. The number of rotatable bonds is 13. The number of para-hydroxylation sites is 1. The van der Waals surface area contributed by atoms with Gasteiger partial charge in [-0.2, -0.15) is 0 Å². The number of methoxy groups -OCH3 is 1. The third-order valence-electron chi connectivity index (χ3n) is 5.76. The third-order valence-corrected chi connectivity index (χ3v) is 5.76. The molecule has 3 aromatic rings. The van der Waals surface area contributed by atoms with Crippen LogP contribution in [0.5, 0.6) is 17.2 Å². The number of aryl methyl sites for hydroxylation is 2. The highest BCUT2D eigenvalue weighted by Gasteiger charge is 2.22. The van der Waals surface area contributed by atoms with Crippen molar-refractivity contribution in [3.63, 3.8) is 0 Å². The van der Waals surface area contributed by atoms with Gasteiger partial charge in [-0.15, -0.1) is 0 Å². The van der Waals surface area contributed by atoms with Gasteiger partial charge in [-0.05, 0) is 80.4 Å². The number of hydrogen-bond donors (Lipinski definition) is 2. The SMILES string of the molecule is COc1cccc(CCc2ccccc2OCC(CN(C)C)OC(=O)[C@@H](N)Cc2ccc(O)cc2)c1. The first kappa shape index (κ1) is 27.0. The maximum Gasteiger partial charge on any atom is 0.323 e. The monoisotopic (exact) mass is 492 g/mol. The summed E-state index contributed by atoms with van der Waals surface area (Å²) in [6.45, 7) is 0.718. The second kappa shape index (κ2) is 13.5. The molecular formula is C29H36N2O5. The van der Waals surface area contributed by atoms with Gasteiger partial charge in [0.2, 0.25) is 0 Å². The lowest BCUT2D eigenvalue weighted by Gasteiger charge is -2.24. The lowest BCUT2D eigenvalue weighted by Crippen LogP contribution is -2.41. The minimum absolute atomic E-state index is 0.168. The van der Waals surface area contributed by atoms with Crippen LogP contribution >= 0.6 is 0 Å². The number of phenolic OH excluding ortho intramolecular Hbond substituents is 1. The molecule has 7 nitrogen and oxygen atoms in total. The number of nitrogens with zero attached hydrogens (tertiary/aromatic N) is 1. The minimum atomic E-state index is -0.811. The molecule has 1 unspecified atom stereocenters. The Labute approximate surface area is 213 Å². The number of carbonyl (C=O) groups is 1. The third kappa shape index (κ3) is 8.59. The van der Waals surface area contributed by atoms with Gasteiger partial charge in [-0.1, -0.05) is 42.5 Å². The Balaban J connectivity index is 1.59. The summed E-state index contributed by atoms with van der Waals surface area (Å²) < 4.78 is 17.2. The highest BCUT2D eigenvalue weighted by molar-refractivity contribution is 5.76. The Hall–Kier alpha value is -3.55. The van der Waals surface area contributed by atoms with Crippen molar-refractivity contribution in [3.05, 3.63) is 89.5 Å². The van der Waals surface area contributed by atoms with Crippen molar-refractivity contribution in [2.45, 2.75) is 31.4 Å². The van der Waals surface area contributed by atoms with Crippen LogP contribution in [0.25, 0.3) is 0 Å². The Morgan fingerprint density at radius 3 is 2.44 bits per heavy atom. The number of phenols is 1. The second-order valence-corrected chi connectivity index (χ2v) is 9.07. The molecule has 0 saturated carbocycles. The van der Waals surface area contributed by atoms with Gasteiger partial charge in [0.1, 0.15) is 36.0 Å². The number of carbonyl (C=O) groups excluding carboxylic acids is 1. The standard InChI is InChI=1S/C29H36N2O5/c1-31(2)19-26(36-29(33)27(30)18-22-12-15-24(32)16-13-22)20-35-28-10-5-4-8-23(28)14-11-21-7-6-9-25(17-21)34-3/h4-10,12-13,15-17,26-27,32H,11,14,18-20,30H2,1-3H3/t26?,27-/m0/s1. The molecule has 0 aliphatic heterocycles. The summed E-state index contributed by atoms with van der Waals surface area (Å²) in [5, 5.41) is 9.44. The van der Waals surface area contributed by atoms with E-state index in [0.717, 1.165) is 35.5 Å². The van der Waals surface area contributed by atoms with Crippen LogP contribution in [0.1, 0.15) is 16.7 Å². The molecule has 2 atom stereocenters. The van der Waals surface area contributed by atoms with Crippen LogP contribution in [0.4, 0.5) is 0 Å². The van der Waals surface area contributed by atoms with Crippen LogP contribution in [-0.4, -0.2) is 62.5 Å². The molecular weight excluding hydrogens is 456 g/mol. The van der Waals surface area contributed by atoms with Crippen LogP contribution < -0.4 is 15.2 Å². The lowest BCUT2D eigenvalue weighted by molar-refractivity contribution is -0.152. The molecule has 0 aliphatic carbocycles. The van der Waals surface area contributed by atoms with Crippen molar-refractivity contribution < 1.29 is 24.1 Å². The van der Waals surface area contributed by atoms with Crippen LogP contribution in [0.2, 0.25) is 0 Å². The number of esters is 1. The molecule has 0 bridgehead atoms. The van der Waals surface area contributed by atoms with E-state index in [2.05, 4.69) is 12.1 Å². The molecule has 3 rings (SSSR count). The summed E-state index contributed by atoms with van der Waals surface area (Å²) in [7, 11) is 5.50. The number of likely N-dealkylation sites (N-methyl/N-ethyl adjacent to an activating group) is 1. The number of nitrogens with two attached hydrogens (primary N) is 1. The van der Waals surface area contributed by atoms with Crippen molar-refractivity contribution in [1.82, 2.24) is 4.90 Å². The second-order valence-electron chi connectivity index (χ2n) is 9.07. The zero-order valence-corrected chi connectivity index (χ0v) is 21.2. The van der Waals surface area contributed by atoms with Gasteiger partial charge < -0.3 is 30.0 Å². The average molecular weight is 493 g/mol. The molecule has 7 heteroatoms. The van der Waals surface area contributed by atoms with Crippen LogP contribution in [0.15, 0.2) is 72.8 Å². The number of ether oxygens (including phenoxy) is 3.